The molecule has 0 radical (unpaired) electrons. The lowest BCUT2D eigenvalue weighted by Gasteiger charge is -2.08. The second kappa shape index (κ2) is 3.38. The smallest absolute Gasteiger partial charge is 0.336 e. The van der Waals surface area contributed by atoms with Crippen LogP contribution in [0.4, 0.5) is 0 Å². The highest BCUT2D eigenvalue weighted by Gasteiger charge is 2.29. The van der Waals surface area contributed by atoms with Crippen molar-refractivity contribution in [3.8, 4) is 0 Å². The van der Waals surface area contributed by atoms with Crippen molar-refractivity contribution in [3.63, 3.8) is 0 Å². The van der Waals surface area contributed by atoms with E-state index in [2.05, 4.69) is 11.3 Å². The molecular formula is C8H10O4. The fraction of sp³-hybridized carbons (Fsp3) is 0.500. The van der Waals surface area contributed by atoms with Gasteiger partial charge < -0.3 is 9.47 Å². The van der Waals surface area contributed by atoms with Crippen LogP contribution in [-0.4, -0.2) is 18.2 Å². The van der Waals surface area contributed by atoms with Crippen LogP contribution in [0.3, 0.4) is 0 Å². The van der Waals surface area contributed by atoms with Crippen LogP contribution in [0.25, 0.3) is 0 Å². The highest BCUT2D eigenvalue weighted by molar-refractivity contribution is 5.90. The fourth-order valence-corrected chi connectivity index (χ4v) is 0.825. The van der Waals surface area contributed by atoms with E-state index in [4.69, 9.17) is 4.74 Å². The van der Waals surface area contributed by atoms with Crippen molar-refractivity contribution in [1.29, 1.82) is 0 Å². The molecule has 1 unspecified atom stereocenters. The first kappa shape index (κ1) is 8.77. The first-order chi connectivity index (χ1) is 5.63. The van der Waals surface area contributed by atoms with E-state index in [-0.39, 0.29) is 18.8 Å². The molecule has 12 heavy (non-hydrogen) atoms. The van der Waals surface area contributed by atoms with Crippen LogP contribution < -0.4 is 0 Å². The molecule has 1 aliphatic rings. The third-order valence-corrected chi connectivity index (χ3v) is 1.49. The molecule has 1 aliphatic heterocycles. The Morgan fingerprint density at radius 3 is 2.92 bits per heavy atom. The van der Waals surface area contributed by atoms with Crippen LogP contribution in [0, 0.1) is 0 Å². The minimum atomic E-state index is -0.752. The van der Waals surface area contributed by atoms with E-state index in [1.54, 1.807) is 6.92 Å². The molecule has 0 bridgehead atoms. The SMILES string of the molecule is C=C1CC(OC(=O)CC)OC1=O. The highest BCUT2D eigenvalue weighted by Crippen LogP contribution is 2.19. The molecule has 1 fully saturated rings. The Bertz CT molecular complexity index is 215. The summed E-state index contributed by atoms with van der Waals surface area (Å²) in [7, 11) is 0. The van der Waals surface area contributed by atoms with E-state index in [0.29, 0.717) is 5.57 Å². The predicted octanol–water partition coefficient (Wildman–Crippen LogP) is 0.769. The number of carbonyl (C=O) groups is 2. The van der Waals surface area contributed by atoms with Gasteiger partial charge in [0.2, 0.25) is 0 Å². The van der Waals surface area contributed by atoms with Gasteiger partial charge in [-0.1, -0.05) is 13.5 Å². The summed E-state index contributed by atoms with van der Waals surface area (Å²) in [6.45, 7) is 5.13. The summed E-state index contributed by atoms with van der Waals surface area (Å²) in [5.41, 5.74) is 0.351. The topological polar surface area (TPSA) is 52.6 Å². The normalized spacial score (nSPS) is 22.2. The summed E-state index contributed by atoms with van der Waals surface area (Å²) in [5, 5.41) is 0. The lowest BCUT2D eigenvalue weighted by Crippen LogP contribution is -2.16. The molecule has 4 heteroatoms. The van der Waals surface area contributed by atoms with Gasteiger partial charge in [0.05, 0.1) is 6.42 Å². The number of hydrogen-bond acceptors (Lipinski definition) is 4. The van der Waals surface area contributed by atoms with Crippen molar-refractivity contribution in [2.45, 2.75) is 26.1 Å². The largest absolute Gasteiger partial charge is 0.425 e. The maximum absolute atomic E-state index is 10.7. The lowest BCUT2D eigenvalue weighted by atomic mass is 10.2. The van der Waals surface area contributed by atoms with Crippen LogP contribution in [0.5, 0.6) is 0 Å². The van der Waals surface area contributed by atoms with Gasteiger partial charge in [-0.3, -0.25) is 4.79 Å². The molecule has 1 atom stereocenters. The van der Waals surface area contributed by atoms with Crippen LogP contribution in [0.1, 0.15) is 19.8 Å². The standard InChI is InChI=1S/C8H10O4/c1-3-6(9)11-7-4-5(2)8(10)12-7/h7H,2-4H2,1H3. The summed E-state index contributed by atoms with van der Waals surface area (Å²) in [6, 6.07) is 0. The van der Waals surface area contributed by atoms with Crippen molar-refractivity contribution in [1.82, 2.24) is 0 Å². The predicted molar refractivity (Wildman–Crippen MR) is 40.0 cm³/mol. The van der Waals surface area contributed by atoms with Crippen molar-refractivity contribution < 1.29 is 19.1 Å². The monoisotopic (exact) mass is 170 g/mol. The Kier molecular flexibility index (Phi) is 2.47. The first-order valence-electron chi connectivity index (χ1n) is 3.71. The molecule has 1 saturated heterocycles. The minimum Gasteiger partial charge on any atom is -0.425 e. The van der Waals surface area contributed by atoms with Crippen molar-refractivity contribution >= 4 is 11.9 Å². The van der Waals surface area contributed by atoms with Crippen LogP contribution in [0.2, 0.25) is 0 Å². The maximum Gasteiger partial charge on any atom is 0.336 e. The summed E-state index contributed by atoms with van der Waals surface area (Å²) >= 11 is 0. The molecule has 1 heterocycles. The number of carbonyl (C=O) groups excluding carboxylic acids is 2. The highest BCUT2D eigenvalue weighted by atomic mass is 16.7. The summed E-state index contributed by atoms with van der Waals surface area (Å²) < 4.78 is 9.42. The number of hydrogen-bond donors (Lipinski definition) is 0. The Balaban J connectivity index is 2.42. The average molecular weight is 170 g/mol. The second-order valence-electron chi connectivity index (χ2n) is 2.49. The van der Waals surface area contributed by atoms with E-state index in [1.807, 2.05) is 0 Å². The van der Waals surface area contributed by atoms with Crippen molar-refractivity contribution in [2.75, 3.05) is 0 Å². The zero-order valence-electron chi connectivity index (χ0n) is 6.83. The Labute approximate surface area is 70.1 Å². The quantitative estimate of drug-likeness (QED) is 0.453. The van der Waals surface area contributed by atoms with Gasteiger partial charge in [-0.25, -0.2) is 4.79 Å². The molecule has 0 aromatic rings. The van der Waals surface area contributed by atoms with Gasteiger partial charge in [0.15, 0.2) is 0 Å². The van der Waals surface area contributed by atoms with Crippen molar-refractivity contribution in [2.24, 2.45) is 0 Å². The van der Waals surface area contributed by atoms with E-state index < -0.39 is 12.3 Å². The maximum atomic E-state index is 10.7. The Morgan fingerprint density at radius 2 is 2.50 bits per heavy atom. The van der Waals surface area contributed by atoms with Crippen LogP contribution in [0.15, 0.2) is 12.2 Å². The van der Waals surface area contributed by atoms with Crippen LogP contribution >= 0.6 is 0 Å². The number of ether oxygens (including phenoxy) is 2. The molecule has 0 saturated carbocycles. The van der Waals surface area contributed by atoms with E-state index in [1.165, 1.54) is 0 Å². The van der Waals surface area contributed by atoms with Gasteiger partial charge in [0.25, 0.3) is 6.29 Å². The molecule has 0 aromatic heterocycles. The molecule has 0 aliphatic carbocycles. The number of rotatable bonds is 2. The molecule has 0 amide bonds. The number of cyclic esters (lactones) is 1. The zero-order valence-corrected chi connectivity index (χ0v) is 6.83. The summed E-state index contributed by atoms with van der Waals surface area (Å²) in [4.78, 5) is 21.5. The zero-order chi connectivity index (χ0) is 9.14. The third-order valence-electron chi connectivity index (χ3n) is 1.49. The van der Waals surface area contributed by atoms with Gasteiger partial charge in [-0.15, -0.1) is 0 Å². The van der Waals surface area contributed by atoms with E-state index in [0.717, 1.165) is 0 Å². The molecule has 1 rings (SSSR count). The molecular weight excluding hydrogens is 160 g/mol. The minimum absolute atomic E-state index is 0.278. The lowest BCUT2D eigenvalue weighted by molar-refractivity contribution is -0.176. The molecule has 0 spiro atoms. The molecule has 4 nitrogen and oxygen atoms in total. The molecule has 0 aromatic carbocycles. The first-order valence-corrected chi connectivity index (χ1v) is 3.71. The van der Waals surface area contributed by atoms with Gasteiger partial charge in [0.1, 0.15) is 0 Å². The Morgan fingerprint density at radius 1 is 1.83 bits per heavy atom. The third kappa shape index (κ3) is 1.84. The van der Waals surface area contributed by atoms with Gasteiger partial charge >= 0.3 is 11.9 Å². The summed E-state index contributed by atoms with van der Waals surface area (Å²) in [6.07, 6.45) is -0.192. The van der Waals surface area contributed by atoms with Crippen molar-refractivity contribution in [3.05, 3.63) is 12.2 Å². The van der Waals surface area contributed by atoms with Gasteiger partial charge in [-0.05, 0) is 0 Å². The molecule has 66 valence electrons. The van der Waals surface area contributed by atoms with E-state index in [9.17, 15) is 9.59 Å². The van der Waals surface area contributed by atoms with Gasteiger partial charge in [-0.2, -0.15) is 0 Å². The van der Waals surface area contributed by atoms with Gasteiger partial charge in [0, 0.05) is 12.0 Å². The number of esters is 2. The average Bonchev–Trinajstić information content (AvgIpc) is 2.31. The van der Waals surface area contributed by atoms with Crippen LogP contribution in [-0.2, 0) is 19.1 Å². The fourth-order valence-electron chi connectivity index (χ4n) is 0.825. The second-order valence-corrected chi connectivity index (χ2v) is 2.49. The van der Waals surface area contributed by atoms with E-state index >= 15 is 0 Å². The summed E-state index contributed by atoms with van der Waals surface area (Å²) in [5.74, 6) is -0.855. The Hall–Kier alpha value is -1.32. The molecule has 0 N–H and O–H groups in total.